The zero-order valence-corrected chi connectivity index (χ0v) is 16.6. The number of hydrogen-bond acceptors (Lipinski definition) is 3. The van der Waals surface area contributed by atoms with Crippen molar-refractivity contribution in [1.82, 2.24) is 9.88 Å². The van der Waals surface area contributed by atoms with Crippen LogP contribution in [0.25, 0.3) is 0 Å². The minimum absolute atomic E-state index is 0.00465. The van der Waals surface area contributed by atoms with Gasteiger partial charge in [-0.05, 0) is 62.8 Å². The van der Waals surface area contributed by atoms with Crippen molar-refractivity contribution in [2.24, 2.45) is 5.92 Å². The molecule has 0 spiro atoms. The number of anilines is 1. The fourth-order valence-electron chi connectivity index (χ4n) is 4.17. The average molecular weight is 377 g/mol. The molecular formula is C23H27N3O2. The molecule has 28 heavy (non-hydrogen) atoms. The van der Waals surface area contributed by atoms with Crippen molar-refractivity contribution in [2.45, 2.75) is 44.9 Å². The first-order chi connectivity index (χ1) is 13.5. The molecule has 2 aliphatic rings. The van der Waals surface area contributed by atoms with Crippen LogP contribution in [0.5, 0.6) is 0 Å². The maximum absolute atomic E-state index is 13.2. The summed E-state index contributed by atoms with van der Waals surface area (Å²) in [6, 6.07) is 12.1. The van der Waals surface area contributed by atoms with E-state index in [1.807, 2.05) is 30.0 Å². The SMILES string of the molecule is Cc1cccc(C2(C(=O)N3CCC(C(=O)Nc4cc(C)ccn4)CC3)CC2)c1. The molecule has 2 heterocycles. The van der Waals surface area contributed by atoms with Gasteiger partial charge in [0.2, 0.25) is 11.8 Å². The number of benzene rings is 1. The molecule has 0 radical (unpaired) electrons. The lowest BCUT2D eigenvalue weighted by molar-refractivity contribution is -0.137. The van der Waals surface area contributed by atoms with Crippen molar-refractivity contribution >= 4 is 17.6 Å². The highest BCUT2D eigenvalue weighted by atomic mass is 16.2. The van der Waals surface area contributed by atoms with Crippen LogP contribution in [0.2, 0.25) is 0 Å². The summed E-state index contributed by atoms with van der Waals surface area (Å²) in [6.07, 6.45) is 4.95. The maximum Gasteiger partial charge on any atom is 0.233 e. The molecule has 1 aliphatic carbocycles. The first-order valence-electron chi connectivity index (χ1n) is 10.1. The highest BCUT2D eigenvalue weighted by molar-refractivity contribution is 5.93. The number of carbonyl (C=O) groups excluding carboxylic acids is 2. The van der Waals surface area contributed by atoms with Crippen LogP contribution in [0, 0.1) is 19.8 Å². The molecule has 1 saturated carbocycles. The second-order valence-corrected chi connectivity index (χ2v) is 8.23. The molecule has 5 nitrogen and oxygen atoms in total. The molecule has 0 bridgehead atoms. The normalized spacial score (nSPS) is 18.6. The van der Waals surface area contributed by atoms with Crippen molar-refractivity contribution in [1.29, 1.82) is 0 Å². The fraction of sp³-hybridized carbons (Fsp3) is 0.435. The summed E-state index contributed by atoms with van der Waals surface area (Å²) in [5, 5.41) is 2.92. The number of hydrogen-bond donors (Lipinski definition) is 1. The first-order valence-corrected chi connectivity index (χ1v) is 10.1. The van der Waals surface area contributed by atoms with Gasteiger partial charge in [-0.3, -0.25) is 9.59 Å². The number of likely N-dealkylation sites (tertiary alicyclic amines) is 1. The summed E-state index contributed by atoms with van der Waals surface area (Å²) in [5.74, 6) is 0.766. The second kappa shape index (κ2) is 7.38. The Hall–Kier alpha value is -2.69. The van der Waals surface area contributed by atoms with Crippen LogP contribution in [-0.2, 0) is 15.0 Å². The molecule has 2 amide bonds. The molecule has 1 aromatic heterocycles. The molecule has 0 unspecified atom stereocenters. The van der Waals surface area contributed by atoms with E-state index < -0.39 is 0 Å². The highest BCUT2D eigenvalue weighted by Crippen LogP contribution is 2.50. The van der Waals surface area contributed by atoms with Crippen molar-refractivity contribution in [3.05, 3.63) is 59.3 Å². The van der Waals surface area contributed by atoms with Crippen LogP contribution in [-0.4, -0.2) is 34.8 Å². The van der Waals surface area contributed by atoms with E-state index in [-0.39, 0.29) is 23.1 Å². The topological polar surface area (TPSA) is 62.3 Å². The van der Waals surface area contributed by atoms with Gasteiger partial charge in [-0.1, -0.05) is 29.8 Å². The van der Waals surface area contributed by atoms with Gasteiger partial charge >= 0.3 is 0 Å². The molecule has 1 aromatic carbocycles. The number of aromatic nitrogens is 1. The number of pyridine rings is 1. The second-order valence-electron chi connectivity index (χ2n) is 8.23. The lowest BCUT2D eigenvalue weighted by atomic mass is 9.90. The predicted molar refractivity (Wildman–Crippen MR) is 109 cm³/mol. The summed E-state index contributed by atoms with van der Waals surface area (Å²) in [6.45, 7) is 5.33. The highest BCUT2D eigenvalue weighted by Gasteiger charge is 2.53. The zero-order valence-electron chi connectivity index (χ0n) is 16.6. The van der Waals surface area contributed by atoms with Crippen LogP contribution < -0.4 is 5.32 Å². The minimum atomic E-state index is -0.327. The smallest absolute Gasteiger partial charge is 0.233 e. The Morgan fingerprint density at radius 2 is 1.79 bits per heavy atom. The molecule has 1 saturated heterocycles. The van der Waals surface area contributed by atoms with E-state index in [4.69, 9.17) is 0 Å². The van der Waals surface area contributed by atoms with Crippen molar-refractivity contribution in [3.8, 4) is 0 Å². The number of piperidine rings is 1. The molecule has 1 aliphatic heterocycles. The summed E-state index contributed by atoms with van der Waals surface area (Å²) < 4.78 is 0. The van der Waals surface area contributed by atoms with Gasteiger partial charge in [0.1, 0.15) is 5.82 Å². The fourth-order valence-corrected chi connectivity index (χ4v) is 4.17. The first kappa shape index (κ1) is 18.7. The summed E-state index contributed by atoms with van der Waals surface area (Å²) in [7, 11) is 0. The standard InChI is InChI=1S/C23H27N3O2/c1-16-4-3-5-19(14-16)23(9-10-23)22(28)26-12-7-18(8-13-26)21(27)25-20-15-17(2)6-11-24-20/h3-6,11,14-15,18H,7-10,12-13H2,1-2H3,(H,24,25,27). The predicted octanol–water partition coefficient (Wildman–Crippen LogP) is 3.61. The molecule has 4 rings (SSSR count). The van der Waals surface area contributed by atoms with Gasteiger partial charge in [0, 0.05) is 25.2 Å². The zero-order chi connectivity index (χ0) is 19.7. The van der Waals surface area contributed by atoms with Crippen LogP contribution >= 0.6 is 0 Å². The Morgan fingerprint density at radius 3 is 2.43 bits per heavy atom. The van der Waals surface area contributed by atoms with Gasteiger partial charge in [0.25, 0.3) is 0 Å². The number of amides is 2. The van der Waals surface area contributed by atoms with Crippen LogP contribution in [0.3, 0.4) is 0 Å². The van der Waals surface area contributed by atoms with Crippen molar-refractivity contribution in [2.75, 3.05) is 18.4 Å². The number of nitrogens with zero attached hydrogens (tertiary/aromatic N) is 2. The molecule has 1 N–H and O–H groups in total. The quantitative estimate of drug-likeness (QED) is 0.885. The molecule has 5 heteroatoms. The Labute approximate surface area is 166 Å². The number of aryl methyl sites for hydroxylation is 2. The summed E-state index contributed by atoms with van der Waals surface area (Å²) in [5.41, 5.74) is 3.07. The lowest BCUT2D eigenvalue weighted by Gasteiger charge is -2.34. The van der Waals surface area contributed by atoms with Crippen molar-refractivity contribution < 1.29 is 9.59 Å². The third kappa shape index (κ3) is 3.66. The number of nitrogens with one attached hydrogen (secondary N) is 1. The van der Waals surface area contributed by atoms with Crippen LogP contribution in [0.4, 0.5) is 5.82 Å². The number of carbonyl (C=O) groups is 2. The van der Waals surface area contributed by atoms with Crippen LogP contribution in [0.15, 0.2) is 42.6 Å². The van der Waals surface area contributed by atoms with Gasteiger partial charge in [-0.2, -0.15) is 0 Å². The van der Waals surface area contributed by atoms with E-state index in [1.165, 1.54) is 5.56 Å². The Kier molecular flexibility index (Phi) is 4.92. The largest absolute Gasteiger partial charge is 0.342 e. The van der Waals surface area contributed by atoms with Gasteiger partial charge < -0.3 is 10.2 Å². The van der Waals surface area contributed by atoms with E-state index >= 15 is 0 Å². The van der Waals surface area contributed by atoms with E-state index in [0.29, 0.717) is 31.7 Å². The Morgan fingerprint density at radius 1 is 1.07 bits per heavy atom. The average Bonchev–Trinajstić information content (AvgIpc) is 3.50. The summed E-state index contributed by atoms with van der Waals surface area (Å²) >= 11 is 0. The Bertz CT molecular complexity index is 896. The van der Waals surface area contributed by atoms with Gasteiger partial charge in [-0.15, -0.1) is 0 Å². The number of rotatable bonds is 4. The third-order valence-corrected chi connectivity index (χ3v) is 6.05. The maximum atomic E-state index is 13.2. The molecule has 0 atom stereocenters. The van der Waals surface area contributed by atoms with Crippen molar-refractivity contribution in [3.63, 3.8) is 0 Å². The van der Waals surface area contributed by atoms with E-state index in [1.54, 1.807) is 6.20 Å². The monoisotopic (exact) mass is 377 g/mol. The molecule has 2 aromatic rings. The summed E-state index contributed by atoms with van der Waals surface area (Å²) in [4.78, 5) is 31.9. The molecular weight excluding hydrogens is 350 g/mol. The Balaban J connectivity index is 1.36. The van der Waals surface area contributed by atoms with Crippen LogP contribution in [0.1, 0.15) is 42.4 Å². The van der Waals surface area contributed by atoms with Gasteiger partial charge in [-0.25, -0.2) is 4.98 Å². The van der Waals surface area contributed by atoms with Gasteiger partial charge in [0.15, 0.2) is 0 Å². The lowest BCUT2D eigenvalue weighted by Crippen LogP contribution is -2.45. The van der Waals surface area contributed by atoms with E-state index in [2.05, 4.69) is 35.4 Å². The van der Waals surface area contributed by atoms with E-state index in [9.17, 15) is 9.59 Å². The molecule has 146 valence electrons. The molecule has 2 fully saturated rings. The minimum Gasteiger partial charge on any atom is -0.342 e. The third-order valence-electron chi connectivity index (χ3n) is 6.05. The van der Waals surface area contributed by atoms with E-state index in [0.717, 1.165) is 24.0 Å². The van der Waals surface area contributed by atoms with Gasteiger partial charge in [0.05, 0.1) is 5.41 Å².